The van der Waals surface area contributed by atoms with Crippen LogP contribution in [0.5, 0.6) is 0 Å². The summed E-state index contributed by atoms with van der Waals surface area (Å²) < 4.78 is 50.8. The number of hydrogen-bond acceptors (Lipinski definition) is 5. The molecule has 7 nitrogen and oxygen atoms in total. The maximum Gasteiger partial charge on any atom is 0.241 e. The summed E-state index contributed by atoms with van der Waals surface area (Å²) in [6, 6.07) is 6.39. The zero-order chi connectivity index (χ0) is 18.8. The largest absolute Gasteiger partial charge is 0.339 e. The molecule has 1 aliphatic heterocycles. The van der Waals surface area contributed by atoms with Gasteiger partial charge in [-0.05, 0) is 30.5 Å². The first-order valence-corrected chi connectivity index (χ1v) is 11.3. The zero-order valence-electron chi connectivity index (χ0n) is 14.6. The van der Waals surface area contributed by atoms with Crippen LogP contribution in [-0.2, 0) is 24.7 Å². The van der Waals surface area contributed by atoms with Crippen molar-refractivity contribution in [3.05, 3.63) is 29.8 Å². The molecule has 0 aliphatic carbocycles. The fraction of sp³-hybridized carbons (Fsp3) is 0.562. The predicted molar refractivity (Wildman–Crippen MR) is 95.4 cm³/mol. The fourth-order valence-corrected chi connectivity index (χ4v) is 5.70. The standard InChI is InChI=1S/C16H24N2O5S2/c1-12(2)11-24(20,21)15-9-18(10-15)16(19)8-17-25(22,23)14-6-4-5-13(3)7-14/h4-7,12,15,17H,8-11H2,1-3H3. The molecule has 1 fully saturated rings. The Morgan fingerprint density at radius 1 is 1.24 bits per heavy atom. The fourth-order valence-electron chi connectivity index (χ4n) is 2.60. The van der Waals surface area contributed by atoms with Crippen LogP contribution in [0, 0.1) is 12.8 Å². The Labute approximate surface area is 149 Å². The summed E-state index contributed by atoms with van der Waals surface area (Å²) >= 11 is 0. The van der Waals surface area contributed by atoms with Gasteiger partial charge in [-0.2, -0.15) is 0 Å². The minimum atomic E-state index is -3.77. The van der Waals surface area contributed by atoms with Gasteiger partial charge in [-0.1, -0.05) is 26.0 Å². The van der Waals surface area contributed by atoms with Gasteiger partial charge in [0, 0.05) is 13.1 Å². The molecule has 0 saturated carbocycles. The van der Waals surface area contributed by atoms with E-state index in [0.29, 0.717) is 0 Å². The molecule has 2 rings (SSSR count). The minimum Gasteiger partial charge on any atom is -0.339 e. The highest BCUT2D eigenvalue weighted by molar-refractivity contribution is 7.92. The van der Waals surface area contributed by atoms with E-state index < -0.39 is 31.0 Å². The van der Waals surface area contributed by atoms with E-state index in [-0.39, 0.29) is 36.2 Å². The van der Waals surface area contributed by atoms with Gasteiger partial charge in [0.05, 0.1) is 22.4 Å². The summed E-state index contributed by atoms with van der Waals surface area (Å²) in [6.07, 6.45) is 0. The van der Waals surface area contributed by atoms with Gasteiger partial charge in [-0.25, -0.2) is 21.6 Å². The molecular weight excluding hydrogens is 364 g/mol. The van der Waals surface area contributed by atoms with Crippen molar-refractivity contribution >= 4 is 25.8 Å². The van der Waals surface area contributed by atoms with E-state index in [1.54, 1.807) is 19.1 Å². The molecule has 1 aliphatic rings. The second-order valence-electron chi connectivity index (χ2n) is 6.79. The number of sulfonamides is 1. The van der Waals surface area contributed by atoms with Gasteiger partial charge in [0.15, 0.2) is 9.84 Å². The summed E-state index contributed by atoms with van der Waals surface area (Å²) in [7, 11) is -6.98. The Bertz CT molecular complexity index is 841. The molecular formula is C16H24N2O5S2. The number of hydrogen-bond donors (Lipinski definition) is 1. The highest BCUT2D eigenvalue weighted by Gasteiger charge is 2.39. The SMILES string of the molecule is Cc1cccc(S(=O)(=O)NCC(=O)N2CC(S(=O)(=O)CC(C)C)C2)c1. The predicted octanol–water partition coefficient (Wildman–Crippen LogP) is 0.555. The smallest absolute Gasteiger partial charge is 0.241 e. The van der Waals surface area contributed by atoms with E-state index in [1.165, 1.54) is 17.0 Å². The lowest BCUT2D eigenvalue weighted by Gasteiger charge is -2.39. The first-order valence-electron chi connectivity index (χ1n) is 8.07. The van der Waals surface area contributed by atoms with Crippen molar-refractivity contribution < 1.29 is 21.6 Å². The number of aryl methyl sites for hydroxylation is 1. The quantitative estimate of drug-likeness (QED) is 0.735. The van der Waals surface area contributed by atoms with Crippen LogP contribution in [0.15, 0.2) is 29.2 Å². The normalized spacial score (nSPS) is 16.1. The molecule has 1 aromatic rings. The molecule has 0 radical (unpaired) electrons. The van der Waals surface area contributed by atoms with Crippen LogP contribution < -0.4 is 4.72 Å². The molecule has 0 bridgehead atoms. The number of likely N-dealkylation sites (tertiary alicyclic amines) is 1. The maximum absolute atomic E-state index is 12.2. The van der Waals surface area contributed by atoms with Crippen LogP contribution >= 0.6 is 0 Å². The van der Waals surface area contributed by atoms with E-state index in [9.17, 15) is 21.6 Å². The molecule has 1 saturated heterocycles. The Morgan fingerprint density at radius 2 is 1.88 bits per heavy atom. The van der Waals surface area contributed by atoms with Gasteiger partial charge in [0.1, 0.15) is 0 Å². The topological polar surface area (TPSA) is 101 Å². The second-order valence-corrected chi connectivity index (χ2v) is 10.9. The third kappa shape index (κ3) is 5.02. The Morgan fingerprint density at radius 3 is 2.44 bits per heavy atom. The summed E-state index contributed by atoms with van der Waals surface area (Å²) in [5, 5.41) is -0.549. The first kappa shape index (κ1) is 19.9. The van der Waals surface area contributed by atoms with Crippen molar-refractivity contribution in [2.45, 2.75) is 30.9 Å². The second kappa shape index (κ2) is 7.43. The molecule has 0 spiro atoms. The van der Waals surface area contributed by atoms with E-state index in [4.69, 9.17) is 0 Å². The van der Waals surface area contributed by atoms with Crippen LogP contribution in [0.3, 0.4) is 0 Å². The van der Waals surface area contributed by atoms with E-state index in [1.807, 2.05) is 13.8 Å². The lowest BCUT2D eigenvalue weighted by molar-refractivity contribution is -0.133. The van der Waals surface area contributed by atoms with Crippen LogP contribution in [0.2, 0.25) is 0 Å². The van der Waals surface area contributed by atoms with Crippen LogP contribution in [0.1, 0.15) is 19.4 Å². The molecule has 9 heteroatoms. The van der Waals surface area contributed by atoms with Crippen molar-refractivity contribution in [2.24, 2.45) is 5.92 Å². The number of nitrogens with one attached hydrogen (secondary N) is 1. The summed E-state index contributed by atoms with van der Waals surface area (Å²) in [6.45, 7) is 5.31. The third-order valence-electron chi connectivity index (χ3n) is 3.99. The van der Waals surface area contributed by atoms with Crippen LogP contribution in [0.4, 0.5) is 0 Å². The molecule has 0 unspecified atom stereocenters. The number of rotatable bonds is 7. The van der Waals surface area contributed by atoms with Gasteiger partial charge < -0.3 is 4.90 Å². The van der Waals surface area contributed by atoms with Crippen molar-refractivity contribution in [3.8, 4) is 0 Å². The third-order valence-corrected chi connectivity index (χ3v) is 7.83. The molecule has 140 valence electrons. The van der Waals surface area contributed by atoms with Gasteiger partial charge in [-0.15, -0.1) is 0 Å². The van der Waals surface area contributed by atoms with E-state index in [2.05, 4.69) is 4.72 Å². The highest BCUT2D eigenvalue weighted by atomic mass is 32.2. The van der Waals surface area contributed by atoms with Crippen molar-refractivity contribution in [2.75, 3.05) is 25.4 Å². The average Bonchev–Trinajstić information content (AvgIpc) is 2.42. The summed E-state index contributed by atoms with van der Waals surface area (Å²) in [5.74, 6) is -0.289. The highest BCUT2D eigenvalue weighted by Crippen LogP contribution is 2.19. The zero-order valence-corrected chi connectivity index (χ0v) is 16.2. The van der Waals surface area contributed by atoms with Crippen molar-refractivity contribution in [1.29, 1.82) is 0 Å². The van der Waals surface area contributed by atoms with E-state index in [0.717, 1.165) is 5.56 Å². The van der Waals surface area contributed by atoms with E-state index >= 15 is 0 Å². The first-order chi connectivity index (χ1) is 11.5. The summed E-state index contributed by atoms with van der Waals surface area (Å²) in [4.78, 5) is 13.5. The lowest BCUT2D eigenvalue weighted by atomic mass is 10.2. The number of sulfone groups is 1. The average molecular weight is 389 g/mol. The van der Waals surface area contributed by atoms with Crippen molar-refractivity contribution in [3.63, 3.8) is 0 Å². The minimum absolute atomic E-state index is 0.0379. The molecule has 1 heterocycles. The van der Waals surface area contributed by atoms with Crippen LogP contribution in [-0.4, -0.2) is 58.3 Å². The Balaban J connectivity index is 1.88. The molecule has 0 atom stereocenters. The summed E-state index contributed by atoms with van der Waals surface area (Å²) in [5.41, 5.74) is 0.801. The number of benzene rings is 1. The van der Waals surface area contributed by atoms with Crippen LogP contribution in [0.25, 0.3) is 0 Å². The molecule has 1 N–H and O–H groups in total. The van der Waals surface area contributed by atoms with Crippen molar-refractivity contribution in [1.82, 2.24) is 9.62 Å². The maximum atomic E-state index is 12.2. The Hall–Kier alpha value is -1.45. The molecule has 25 heavy (non-hydrogen) atoms. The number of nitrogens with zero attached hydrogens (tertiary/aromatic N) is 1. The molecule has 1 amide bonds. The number of carbonyl (C=O) groups excluding carboxylic acids is 1. The van der Waals surface area contributed by atoms with Gasteiger partial charge in [0.25, 0.3) is 0 Å². The number of carbonyl (C=O) groups is 1. The molecule has 1 aromatic carbocycles. The molecule has 0 aromatic heterocycles. The monoisotopic (exact) mass is 388 g/mol. The van der Waals surface area contributed by atoms with Gasteiger partial charge >= 0.3 is 0 Å². The van der Waals surface area contributed by atoms with Gasteiger partial charge in [0.2, 0.25) is 15.9 Å². The Kier molecular flexibility index (Phi) is 5.90. The lowest BCUT2D eigenvalue weighted by Crippen LogP contribution is -2.59. The number of amides is 1. The van der Waals surface area contributed by atoms with Gasteiger partial charge in [-0.3, -0.25) is 4.79 Å².